The fraction of sp³-hybridized carbons (Fsp3) is 0.389. The zero-order valence-corrected chi connectivity index (χ0v) is 13.1. The van der Waals surface area contributed by atoms with Gasteiger partial charge in [0.1, 0.15) is 11.6 Å². The standard InChI is InChI=1S/C18H23N3O/c1-2-16-17(22)8-9-18(19-16)21-12-10-20(11-13-21)14-15-6-4-3-5-7-15/h3-9,22H,2,10-14H2,1H3. The minimum absolute atomic E-state index is 0.300. The SMILES string of the molecule is CCc1nc(N2CCN(Cc3ccccc3)CC2)ccc1O. The minimum Gasteiger partial charge on any atom is -0.506 e. The van der Waals surface area contributed by atoms with E-state index in [-0.39, 0.29) is 0 Å². The molecule has 4 nitrogen and oxygen atoms in total. The summed E-state index contributed by atoms with van der Waals surface area (Å²) in [7, 11) is 0. The molecule has 0 radical (unpaired) electrons. The second kappa shape index (κ2) is 6.79. The first-order valence-corrected chi connectivity index (χ1v) is 7.96. The van der Waals surface area contributed by atoms with Gasteiger partial charge in [-0.15, -0.1) is 0 Å². The molecule has 1 aliphatic heterocycles. The molecule has 0 saturated carbocycles. The van der Waals surface area contributed by atoms with Crippen molar-refractivity contribution in [1.29, 1.82) is 0 Å². The van der Waals surface area contributed by atoms with Crippen LogP contribution in [-0.2, 0) is 13.0 Å². The van der Waals surface area contributed by atoms with Crippen LogP contribution < -0.4 is 4.90 Å². The van der Waals surface area contributed by atoms with Gasteiger partial charge in [0.2, 0.25) is 0 Å². The third-order valence-corrected chi connectivity index (χ3v) is 4.22. The molecule has 1 fully saturated rings. The van der Waals surface area contributed by atoms with Crippen LogP contribution in [0.5, 0.6) is 5.75 Å². The van der Waals surface area contributed by atoms with E-state index in [1.165, 1.54) is 5.56 Å². The normalized spacial score (nSPS) is 16.0. The average molecular weight is 297 g/mol. The summed E-state index contributed by atoms with van der Waals surface area (Å²) in [5.74, 6) is 1.28. The Kier molecular flexibility index (Phi) is 4.59. The lowest BCUT2D eigenvalue weighted by molar-refractivity contribution is 0.249. The third kappa shape index (κ3) is 3.39. The van der Waals surface area contributed by atoms with Crippen molar-refractivity contribution in [3.8, 4) is 5.75 Å². The number of rotatable bonds is 4. The van der Waals surface area contributed by atoms with Crippen molar-refractivity contribution in [3.05, 3.63) is 53.7 Å². The van der Waals surface area contributed by atoms with Gasteiger partial charge >= 0.3 is 0 Å². The van der Waals surface area contributed by atoms with Crippen LogP contribution in [0.3, 0.4) is 0 Å². The lowest BCUT2D eigenvalue weighted by atomic mass is 10.2. The number of nitrogens with zero attached hydrogens (tertiary/aromatic N) is 3. The first-order valence-electron chi connectivity index (χ1n) is 7.96. The summed E-state index contributed by atoms with van der Waals surface area (Å²) in [6.07, 6.45) is 0.758. The number of hydrogen-bond donors (Lipinski definition) is 1. The van der Waals surface area contributed by atoms with Gasteiger partial charge < -0.3 is 10.0 Å². The zero-order valence-electron chi connectivity index (χ0n) is 13.1. The highest BCUT2D eigenvalue weighted by Crippen LogP contribution is 2.21. The van der Waals surface area contributed by atoms with Crippen LogP contribution in [0, 0.1) is 0 Å². The van der Waals surface area contributed by atoms with Crippen LogP contribution in [-0.4, -0.2) is 41.2 Å². The van der Waals surface area contributed by atoms with Gasteiger partial charge in [-0.25, -0.2) is 4.98 Å². The predicted octanol–water partition coefficient (Wildman–Crippen LogP) is 2.67. The van der Waals surface area contributed by atoms with Crippen molar-refractivity contribution in [1.82, 2.24) is 9.88 Å². The van der Waals surface area contributed by atoms with Gasteiger partial charge in [-0.3, -0.25) is 4.90 Å². The van der Waals surface area contributed by atoms with E-state index in [4.69, 9.17) is 0 Å². The molecule has 1 saturated heterocycles. The summed E-state index contributed by atoms with van der Waals surface area (Å²) < 4.78 is 0. The quantitative estimate of drug-likeness (QED) is 0.942. The summed E-state index contributed by atoms with van der Waals surface area (Å²) in [5.41, 5.74) is 2.15. The third-order valence-electron chi connectivity index (χ3n) is 4.22. The maximum atomic E-state index is 9.75. The number of piperazine rings is 1. The van der Waals surface area contributed by atoms with Crippen molar-refractivity contribution in [2.24, 2.45) is 0 Å². The van der Waals surface area contributed by atoms with Gasteiger partial charge in [-0.05, 0) is 24.1 Å². The molecule has 22 heavy (non-hydrogen) atoms. The second-order valence-corrected chi connectivity index (χ2v) is 5.74. The van der Waals surface area contributed by atoms with Gasteiger partial charge in [0.15, 0.2) is 0 Å². The summed E-state index contributed by atoms with van der Waals surface area (Å²) in [6.45, 7) is 7.07. The average Bonchev–Trinajstić information content (AvgIpc) is 2.57. The molecule has 0 amide bonds. The Morgan fingerprint density at radius 1 is 1.00 bits per heavy atom. The largest absolute Gasteiger partial charge is 0.506 e. The van der Waals surface area contributed by atoms with E-state index in [9.17, 15) is 5.11 Å². The molecule has 2 heterocycles. The number of aromatic hydroxyl groups is 1. The zero-order chi connectivity index (χ0) is 15.4. The Balaban J connectivity index is 1.59. The smallest absolute Gasteiger partial charge is 0.137 e. The molecule has 1 N–H and O–H groups in total. The number of hydrogen-bond acceptors (Lipinski definition) is 4. The monoisotopic (exact) mass is 297 g/mol. The molecule has 3 rings (SSSR count). The first-order chi connectivity index (χ1) is 10.8. The Morgan fingerprint density at radius 3 is 2.41 bits per heavy atom. The Morgan fingerprint density at radius 2 is 1.73 bits per heavy atom. The van der Waals surface area contributed by atoms with E-state index >= 15 is 0 Å². The predicted molar refractivity (Wildman–Crippen MR) is 89.2 cm³/mol. The number of pyridine rings is 1. The van der Waals surface area contributed by atoms with E-state index in [2.05, 4.69) is 45.1 Å². The van der Waals surface area contributed by atoms with Crippen molar-refractivity contribution in [2.45, 2.75) is 19.9 Å². The van der Waals surface area contributed by atoms with E-state index < -0.39 is 0 Å². The number of aryl methyl sites for hydroxylation is 1. The molecule has 2 aromatic rings. The van der Waals surface area contributed by atoms with Gasteiger partial charge in [0, 0.05) is 32.7 Å². The number of benzene rings is 1. The highest BCUT2D eigenvalue weighted by Gasteiger charge is 2.18. The lowest BCUT2D eigenvalue weighted by Crippen LogP contribution is -2.46. The summed E-state index contributed by atoms with van der Waals surface area (Å²) in [5, 5.41) is 9.75. The van der Waals surface area contributed by atoms with E-state index in [0.29, 0.717) is 5.75 Å². The summed E-state index contributed by atoms with van der Waals surface area (Å²) >= 11 is 0. The van der Waals surface area contributed by atoms with Crippen LogP contribution in [0.1, 0.15) is 18.2 Å². The molecule has 1 aliphatic rings. The maximum Gasteiger partial charge on any atom is 0.137 e. The minimum atomic E-state index is 0.300. The van der Waals surface area contributed by atoms with Gasteiger partial charge in [-0.2, -0.15) is 0 Å². The number of anilines is 1. The van der Waals surface area contributed by atoms with Crippen molar-refractivity contribution in [3.63, 3.8) is 0 Å². The molecule has 1 aromatic carbocycles. The molecular weight excluding hydrogens is 274 g/mol. The summed E-state index contributed by atoms with van der Waals surface area (Å²) in [6, 6.07) is 14.3. The van der Waals surface area contributed by atoms with E-state index in [1.807, 2.05) is 13.0 Å². The van der Waals surface area contributed by atoms with Crippen LogP contribution in [0.2, 0.25) is 0 Å². The lowest BCUT2D eigenvalue weighted by Gasteiger charge is -2.35. The molecule has 1 aromatic heterocycles. The van der Waals surface area contributed by atoms with Gasteiger partial charge in [0.25, 0.3) is 0 Å². The molecule has 4 heteroatoms. The maximum absolute atomic E-state index is 9.75. The fourth-order valence-electron chi connectivity index (χ4n) is 2.90. The van der Waals surface area contributed by atoms with E-state index in [1.54, 1.807) is 6.07 Å². The fourth-order valence-corrected chi connectivity index (χ4v) is 2.90. The van der Waals surface area contributed by atoms with Gasteiger partial charge in [-0.1, -0.05) is 37.3 Å². The first kappa shape index (κ1) is 14.9. The van der Waals surface area contributed by atoms with Crippen LogP contribution in [0.4, 0.5) is 5.82 Å². The Bertz CT molecular complexity index is 607. The van der Waals surface area contributed by atoms with Crippen molar-refractivity contribution < 1.29 is 5.11 Å². The molecule has 0 atom stereocenters. The molecule has 116 valence electrons. The molecule has 0 bridgehead atoms. The second-order valence-electron chi connectivity index (χ2n) is 5.74. The van der Waals surface area contributed by atoms with Crippen LogP contribution in [0.15, 0.2) is 42.5 Å². The topological polar surface area (TPSA) is 39.6 Å². The summed E-state index contributed by atoms with van der Waals surface area (Å²) in [4.78, 5) is 9.37. The Hall–Kier alpha value is -2.07. The Labute approximate surface area is 132 Å². The van der Waals surface area contributed by atoms with Gasteiger partial charge in [0.05, 0.1) is 5.69 Å². The molecule has 0 aliphatic carbocycles. The van der Waals surface area contributed by atoms with Crippen LogP contribution >= 0.6 is 0 Å². The number of aromatic nitrogens is 1. The highest BCUT2D eigenvalue weighted by molar-refractivity contribution is 5.44. The molecular formula is C18H23N3O. The van der Waals surface area contributed by atoms with Crippen molar-refractivity contribution >= 4 is 5.82 Å². The molecule has 0 unspecified atom stereocenters. The molecule has 0 spiro atoms. The van der Waals surface area contributed by atoms with Crippen LogP contribution in [0.25, 0.3) is 0 Å². The highest BCUT2D eigenvalue weighted by atomic mass is 16.3. The van der Waals surface area contributed by atoms with Crippen molar-refractivity contribution in [2.75, 3.05) is 31.1 Å². The van der Waals surface area contributed by atoms with E-state index in [0.717, 1.165) is 50.7 Å².